The minimum atomic E-state index is -0.333. The summed E-state index contributed by atoms with van der Waals surface area (Å²) in [5, 5.41) is 5.57. The molecule has 0 saturated heterocycles. The largest absolute Gasteiger partial charge is 0.489 e. The SMILES string of the molecule is CCCNC(=O)c1cncc(C(=O)Nc2ccc(OCc3ccccc3)cc2)c1. The molecule has 0 aliphatic heterocycles. The van der Waals surface area contributed by atoms with Crippen LogP contribution in [0.5, 0.6) is 5.75 Å². The van der Waals surface area contributed by atoms with E-state index in [1.54, 1.807) is 24.3 Å². The number of nitrogens with one attached hydrogen (secondary N) is 2. The van der Waals surface area contributed by atoms with Gasteiger partial charge in [-0.1, -0.05) is 37.3 Å². The van der Waals surface area contributed by atoms with Crippen LogP contribution in [0.3, 0.4) is 0 Å². The molecular weight excluding hydrogens is 366 g/mol. The van der Waals surface area contributed by atoms with E-state index < -0.39 is 0 Å². The molecule has 0 aliphatic carbocycles. The lowest BCUT2D eigenvalue weighted by Gasteiger charge is -2.09. The van der Waals surface area contributed by atoms with Gasteiger partial charge in [0, 0.05) is 24.6 Å². The summed E-state index contributed by atoms with van der Waals surface area (Å²) in [6, 6.07) is 18.6. The maximum atomic E-state index is 12.5. The van der Waals surface area contributed by atoms with Crippen molar-refractivity contribution in [1.29, 1.82) is 0 Å². The van der Waals surface area contributed by atoms with Gasteiger partial charge in [-0.15, -0.1) is 0 Å². The molecule has 29 heavy (non-hydrogen) atoms. The first-order valence-electron chi connectivity index (χ1n) is 9.47. The number of nitrogens with zero attached hydrogens (tertiary/aromatic N) is 1. The lowest BCUT2D eigenvalue weighted by molar-refractivity contribution is 0.0953. The Morgan fingerprint density at radius 2 is 1.62 bits per heavy atom. The lowest BCUT2D eigenvalue weighted by Crippen LogP contribution is -2.24. The van der Waals surface area contributed by atoms with Crippen LogP contribution in [0.4, 0.5) is 5.69 Å². The number of aromatic nitrogens is 1. The Kier molecular flexibility index (Phi) is 6.95. The first-order valence-corrected chi connectivity index (χ1v) is 9.47. The quantitative estimate of drug-likeness (QED) is 0.609. The van der Waals surface area contributed by atoms with Crippen LogP contribution in [-0.2, 0) is 6.61 Å². The third kappa shape index (κ3) is 5.90. The molecule has 3 aromatic rings. The molecular formula is C23H23N3O3. The lowest BCUT2D eigenvalue weighted by atomic mass is 10.1. The molecule has 148 valence electrons. The molecule has 6 heteroatoms. The van der Waals surface area contributed by atoms with Crippen LogP contribution < -0.4 is 15.4 Å². The number of rotatable bonds is 8. The molecule has 3 rings (SSSR count). The predicted octanol–water partition coefficient (Wildman–Crippen LogP) is 4.05. The van der Waals surface area contributed by atoms with Crippen molar-refractivity contribution in [2.45, 2.75) is 20.0 Å². The molecule has 2 amide bonds. The maximum Gasteiger partial charge on any atom is 0.257 e. The fourth-order valence-electron chi connectivity index (χ4n) is 2.61. The standard InChI is InChI=1S/C23H23N3O3/c1-2-12-25-22(27)18-13-19(15-24-14-18)23(28)26-20-8-10-21(11-9-20)29-16-17-6-4-3-5-7-17/h3-11,13-15H,2,12,16H2,1H3,(H,25,27)(H,26,28). The third-order valence-corrected chi connectivity index (χ3v) is 4.16. The number of amides is 2. The van der Waals surface area contributed by atoms with Gasteiger partial charge in [-0.2, -0.15) is 0 Å². The molecule has 0 fully saturated rings. The molecule has 0 aliphatic rings. The molecule has 1 heterocycles. The van der Waals surface area contributed by atoms with Gasteiger partial charge in [-0.25, -0.2) is 0 Å². The van der Waals surface area contributed by atoms with Crippen LogP contribution in [0, 0.1) is 0 Å². The van der Waals surface area contributed by atoms with Crippen LogP contribution in [0.1, 0.15) is 39.6 Å². The molecule has 0 radical (unpaired) electrons. The van der Waals surface area contributed by atoms with Gasteiger partial charge < -0.3 is 15.4 Å². The van der Waals surface area contributed by atoms with E-state index in [-0.39, 0.29) is 11.8 Å². The summed E-state index contributed by atoms with van der Waals surface area (Å²) in [4.78, 5) is 28.5. The minimum absolute atomic E-state index is 0.242. The summed E-state index contributed by atoms with van der Waals surface area (Å²) in [7, 11) is 0. The Morgan fingerprint density at radius 1 is 0.931 bits per heavy atom. The number of carbonyl (C=O) groups excluding carboxylic acids is 2. The summed E-state index contributed by atoms with van der Waals surface area (Å²) in [5.74, 6) is 0.137. The van der Waals surface area contributed by atoms with Crippen molar-refractivity contribution in [2.24, 2.45) is 0 Å². The highest BCUT2D eigenvalue weighted by atomic mass is 16.5. The fraction of sp³-hybridized carbons (Fsp3) is 0.174. The normalized spacial score (nSPS) is 10.2. The topological polar surface area (TPSA) is 80.3 Å². The summed E-state index contributed by atoms with van der Waals surface area (Å²) >= 11 is 0. The Hall–Kier alpha value is -3.67. The van der Waals surface area contributed by atoms with E-state index in [0.29, 0.717) is 35.7 Å². The molecule has 2 aromatic carbocycles. The zero-order valence-electron chi connectivity index (χ0n) is 16.2. The number of hydrogen-bond acceptors (Lipinski definition) is 4. The molecule has 0 bridgehead atoms. The first-order chi connectivity index (χ1) is 14.2. The van der Waals surface area contributed by atoms with E-state index in [4.69, 9.17) is 4.74 Å². The highest BCUT2D eigenvalue weighted by molar-refractivity contribution is 6.05. The van der Waals surface area contributed by atoms with Crippen molar-refractivity contribution in [3.05, 3.63) is 89.7 Å². The summed E-state index contributed by atoms with van der Waals surface area (Å²) < 4.78 is 5.74. The van der Waals surface area contributed by atoms with Crippen molar-refractivity contribution >= 4 is 17.5 Å². The molecule has 0 unspecified atom stereocenters. The van der Waals surface area contributed by atoms with E-state index in [2.05, 4.69) is 15.6 Å². The minimum Gasteiger partial charge on any atom is -0.489 e. The Labute approximate surface area is 169 Å². The van der Waals surface area contributed by atoms with Crippen LogP contribution >= 0.6 is 0 Å². The number of pyridine rings is 1. The number of hydrogen-bond donors (Lipinski definition) is 2. The number of ether oxygens (including phenoxy) is 1. The van der Waals surface area contributed by atoms with Gasteiger partial charge in [0.25, 0.3) is 11.8 Å². The Bertz CT molecular complexity index is 957. The molecule has 1 aromatic heterocycles. The molecule has 6 nitrogen and oxygen atoms in total. The monoisotopic (exact) mass is 389 g/mol. The summed E-state index contributed by atoms with van der Waals surface area (Å²) in [5.41, 5.74) is 2.39. The number of carbonyl (C=O) groups is 2. The van der Waals surface area contributed by atoms with Gasteiger partial charge in [-0.05, 0) is 42.3 Å². The summed E-state index contributed by atoms with van der Waals surface area (Å²) in [6.45, 7) is 3.03. The van der Waals surface area contributed by atoms with Crippen molar-refractivity contribution < 1.29 is 14.3 Å². The van der Waals surface area contributed by atoms with Gasteiger partial charge in [0.1, 0.15) is 12.4 Å². The predicted molar refractivity (Wildman–Crippen MR) is 112 cm³/mol. The fourth-order valence-corrected chi connectivity index (χ4v) is 2.61. The Balaban J connectivity index is 1.58. The van der Waals surface area contributed by atoms with Gasteiger partial charge in [-0.3, -0.25) is 14.6 Å². The van der Waals surface area contributed by atoms with Gasteiger partial charge in [0.2, 0.25) is 0 Å². The Morgan fingerprint density at radius 3 is 2.31 bits per heavy atom. The van der Waals surface area contributed by atoms with E-state index in [9.17, 15) is 9.59 Å². The van der Waals surface area contributed by atoms with Crippen molar-refractivity contribution in [2.75, 3.05) is 11.9 Å². The average Bonchev–Trinajstić information content (AvgIpc) is 2.77. The van der Waals surface area contributed by atoms with Crippen LogP contribution in [0.15, 0.2) is 73.1 Å². The van der Waals surface area contributed by atoms with E-state index in [0.717, 1.165) is 12.0 Å². The van der Waals surface area contributed by atoms with Gasteiger partial charge in [0.05, 0.1) is 11.1 Å². The molecule has 0 atom stereocenters. The second-order valence-electron chi connectivity index (χ2n) is 6.47. The smallest absolute Gasteiger partial charge is 0.257 e. The highest BCUT2D eigenvalue weighted by Crippen LogP contribution is 2.18. The number of benzene rings is 2. The van der Waals surface area contributed by atoms with Gasteiger partial charge >= 0.3 is 0 Å². The zero-order valence-corrected chi connectivity index (χ0v) is 16.2. The van der Waals surface area contributed by atoms with Crippen LogP contribution in [0.2, 0.25) is 0 Å². The van der Waals surface area contributed by atoms with E-state index >= 15 is 0 Å². The first kappa shape index (κ1) is 20.1. The third-order valence-electron chi connectivity index (χ3n) is 4.16. The molecule has 2 N–H and O–H groups in total. The van der Waals surface area contributed by atoms with Crippen molar-refractivity contribution in [3.8, 4) is 5.75 Å². The van der Waals surface area contributed by atoms with Crippen molar-refractivity contribution in [1.82, 2.24) is 10.3 Å². The average molecular weight is 389 g/mol. The zero-order chi connectivity index (χ0) is 20.5. The van der Waals surface area contributed by atoms with Gasteiger partial charge in [0.15, 0.2) is 0 Å². The molecule has 0 saturated carbocycles. The van der Waals surface area contributed by atoms with E-state index in [1.165, 1.54) is 18.5 Å². The van der Waals surface area contributed by atoms with E-state index in [1.807, 2.05) is 37.3 Å². The van der Waals surface area contributed by atoms with Crippen LogP contribution in [0.25, 0.3) is 0 Å². The maximum absolute atomic E-state index is 12.5. The second-order valence-corrected chi connectivity index (χ2v) is 6.47. The van der Waals surface area contributed by atoms with Crippen molar-refractivity contribution in [3.63, 3.8) is 0 Å². The van der Waals surface area contributed by atoms with Crippen LogP contribution in [-0.4, -0.2) is 23.3 Å². The number of anilines is 1. The summed E-state index contributed by atoms with van der Waals surface area (Å²) in [6.07, 6.45) is 3.72. The second kappa shape index (κ2) is 10.0. The highest BCUT2D eigenvalue weighted by Gasteiger charge is 2.11. The molecule has 0 spiro atoms.